The minimum absolute atomic E-state index is 0.0904. The molecule has 21 heavy (non-hydrogen) atoms. The summed E-state index contributed by atoms with van der Waals surface area (Å²) in [7, 11) is 0. The van der Waals surface area contributed by atoms with Crippen LogP contribution in [0, 0.1) is 0 Å². The van der Waals surface area contributed by atoms with Crippen LogP contribution >= 0.6 is 0 Å². The third-order valence-corrected chi connectivity index (χ3v) is 4.27. The van der Waals surface area contributed by atoms with Crippen molar-refractivity contribution in [2.75, 3.05) is 0 Å². The molecule has 1 unspecified atom stereocenters. The lowest BCUT2D eigenvalue weighted by Gasteiger charge is -2.39. The van der Waals surface area contributed by atoms with Crippen molar-refractivity contribution in [2.24, 2.45) is 0 Å². The van der Waals surface area contributed by atoms with Crippen molar-refractivity contribution < 1.29 is 0 Å². The lowest BCUT2D eigenvalue weighted by atomic mass is 9.82. The maximum Gasteiger partial charge on any atom is 0.0650 e. The van der Waals surface area contributed by atoms with Crippen LogP contribution < -0.4 is 5.32 Å². The van der Waals surface area contributed by atoms with E-state index in [0.717, 1.165) is 11.9 Å². The first kappa shape index (κ1) is 12.6. The van der Waals surface area contributed by atoms with Crippen LogP contribution in [-0.2, 0) is 6.42 Å². The first-order valence-electron chi connectivity index (χ1n) is 7.41. The Balaban J connectivity index is 1.86. The second-order valence-corrected chi connectivity index (χ2v) is 6.50. The van der Waals surface area contributed by atoms with Crippen LogP contribution in [0.1, 0.15) is 36.6 Å². The maximum absolute atomic E-state index is 4.51. The van der Waals surface area contributed by atoms with Gasteiger partial charge in [0.2, 0.25) is 0 Å². The Labute approximate surface area is 124 Å². The van der Waals surface area contributed by atoms with Gasteiger partial charge >= 0.3 is 0 Å². The Bertz CT molecular complexity index is 801. The standard InChI is InChI=1S/C18H19N3/c1-18(2)11-13-6-3-4-8-16(13)17(20-18)14-10-15-7-5-9-21(15)19-12-14/h3-10,12,17,20H,11H2,1-2H3. The predicted octanol–water partition coefficient (Wildman–Crippen LogP) is 3.35. The van der Waals surface area contributed by atoms with Crippen molar-refractivity contribution in [3.63, 3.8) is 0 Å². The van der Waals surface area contributed by atoms with E-state index in [2.05, 4.69) is 60.7 Å². The number of rotatable bonds is 1. The van der Waals surface area contributed by atoms with Gasteiger partial charge in [0.25, 0.3) is 0 Å². The average Bonchev–Trinajstić information content (AvgIpc) is 2.92. The van der Waals surface area contributed by atoms with Crippen LogP contribution in [-0.4, -0.2) is 15.2 Å². The van der Waals surface area contributed by atoms with Gasteiger partial charge in [0, 0.05) is 11.7 Å². The zero-order chi connectivity index (χ0) is 14.4. The molecule has 0 saturated carbocycles. The summed E-state index contributed by atoms with van der Waals surface area (Å²) in [4.78, 5) is 0. The van der Waals surface area contributed by atoms with E-state index in [-0.39, 0.29) is 11.6 Å². The highest BCUT2D eigenvalue weighted by Gasteiger charge is 2.32. The highest BCUT2D eigenvalue weighted by atomic mass is 15.2. The van der Waals surface area contributed by atoms with Gasteiger partial charge in [-0.2, -0.15) is 5.10 Å². The van der Waals surface area contributed by atoms with E-state index in [0.29, 0.717) is 0 Å². The van der Waals surface area contributed by atoms with E-state index in [1.54, 1.807) is 0 Å². The number of hydrogen-bond acceptors (Lipinski definition) is 2. The summed E-state index contributed by atoms with van der Waals surface area (Å²) < 4.78 is 1.91. The van der Waals surface area contributed by atoms with Crippen molar-refractivity contribution >= 4 is 5.52 Å². The summed E-state index contributed by atoms with van der Waals surface area (Å²) in [5, 5.41) is 8.29. The molecule has 0 spiro atoms. The van der Waals surface area contributed by atoms with Gasteiger partial charge < -0.3 is 5.32 Å². The van der Waals surface area contributed by atoms with Crippen molar-refractivity contribution in [1.29, 1.82) is 0 Å². The first-order valence-corrected chi connectivity index (χ1v) is 7.41. The molecule has 3 heterocycles. The zero-order valence-corrected chi connectivity index (χ0v) is 12.4. The summed E-state index contributed by atoms with van der Waals surface area (Å²) in [6.45, 7) is 4.53. The molecule has 0 bridgehead atoms. The van der Waals surface area contributed by atoms with Gasteiger partial charge in [-0.1, -0.05) is 24.3 Å². The third-order valence-electron chi connectivity index (χ3n) is 4.27. The molecule has 3 heteroatoms. The number of hydrogen-bond donors (Lipinski definition) is 1. The Morgan fingerprint density at radius 2 is 2.05 bits per heavy atom. The molecule has 106 valence electrons. The third kappa shape index (κ3) is 2.14. The minimum atomic E-state index is 0.0904. The first-order chi connectivity index (χ1) is 10.1. The van der Waals surface area contributed by atoms with Crippen LogP contribution in [0.4, 0.5) is 0 Å². The molecule has 0 amide bonds. The summed E-state index contributed by atoms with van der Waals surface area (Å²) in [6.07, 6.45) is 5.01. The minimum Gasteiger partial charge on any atom is -0.301 e. The highest BCUT2D eigenvalue weighted by Crippen LogP contribution is 2.34. The molecule has 1 aromatic carbocycles. The fourth-order valence-corrected chi connectivity index (χ4v) is 3.34. The maximum atomic E-state index is 4.51. The fraction of sp³-hybridized carbons (Fsp3) is 0.278. The highest BCUT2D eigenvalue weighted by molar-refractivity contribution is 5.51. The number of fused-ring (bicyclic) bond motifs is 2. The van der Waals surface area contributed by atoms with Crippen molar-refractivity contribution in [2.45, 2.75) is 31.8 Å². The van der Waals surface area contributed by atoms with Crippen molar-refractivity contribution in [3.8, 4) is 0 Å². The summed E-state index contributed by atoms with van der Waals surface area (Å²) in [5.41, 5.74) is 5.25. The second-order valence-electron chi connectivity index (χ2n) is 6.50. The quantitative estimate of drug-likeness (QED) is 0.739. The van der Waals surface area contributed by atoms with Gasteiger partial charge in [-0.25, -0.2) is 4.52 Å². The molecule has 0 saturated heterocycles. The number of benzene rings is 1. The molecule has 0 aliphatic carbocycles. The topological polar surface area (TPSA) is 29.3 Å². The SMILES string of the molecule is CC1(C)Cc2ccccc2C(c2cnn3cccc3c2)N1. The molecule has 1 N–H and O–H groups in total. The van der Waals surface area contributed by atoms with E-state index in [4.69, 9.17) is 0 Å². The Morgan fingerprint density at radius 3 is 2.95 bits per heavy atom. The lowest BCUT2D eigenvalue weighted by molar-refractivity contribution is 0.333. The predicted molar refractivity (Wildman–Crippen MR) is 84.4 cm³/mol. The largest absolute Gasteiger partial charge is 0.301 e. The number of nitrogens with one attached hydrogen (secondary N) is 1. The van der Waals surface area contributed by atoms with Gasteiger partial charge in [-0.15, -0.1) is 0 Å². The molecule has 3 nitrogen and oxygen atoms in total. The molecule has 1 aliphatic heterocycles. The van der Waals surface area contributed by atoms with Gasteiger partial charge in [0.15, 0.2) is 0 Å². The smallest absolute Gasteiger partial charge is 0.0650 e. The average molecular weight is 277 g/mol. The zero-order valence-electron chi connectivity index (χ0n) is 12.4. The van der Waals surface area contributed by atoms with Crippen molar-refractivity contribution in [3.05, 3.63) is 71.5 Å². The van der Waals surface area contributed by atoms with Crippen LogP contribution in [0.15, 0.2) is 54.9 Å². The van der Waals surface area contributed by atoms with E-state index in [1.807, 2.05) is 23.0 Å². The number of nitrogens with zero attached hydrogens (tertiary/aromatic N) is 2. The molecule has 0 fully saturated rings. The normalized spacial score (nSPS) is 20.4. The molecule has 3 aromatic rings. The fourth-order valence-electron chi connectivity index (χ4n) is 3.34. The molecule has 1 atom stereocenters. The Morgan fingerprint density at radius 1 is 1.19 bits per heavy atom. The molecule has 0 radical (unpaired) electrons. The molecule has 1 aliphatic rings. The molecular formula is C18H19N3. The van der Waals surface area contributed by atoms with E-state index < -0.39 is 0 Å². The second kappa shape index (κ2) is 4.43. The van der Waals surface area contributed by atoms with E-state index in [9.17, 15) is 0 Å². The molecule has 2 aromatic heterocycles. The van der Waals surface area contributed by atoms with Crippen LogP contribution in [0.5, 0.6) is 0 Å². The summed E-state index contributed by atoms with van der Waals surface area (Å²) in [5.74, 6) is 0. The lowest BCUT2D eigenvalue weighted by Crippen LogP contribution is -2.47. The summed E-state index contributed by atoms with van der Waals surface area (Å²) >= 11 is 0. The van der Waals surface area contributed by atoms with Gasteiger partial charge in [-0.3, -0.25) is 0 Å². The molecular weight excluding hydrogens is 258 g/mol. The Kier molecular flexibility index (Phi) is 2.66. The van der Waals surface area contributed by atoms with Crippen LogP contribution in [0.2, 0.25) is 0 Å². The Hall–Kier alpha value is -2.13. The molecule has 4 rings (SSSR count). The summed E-state index contributed by atoms with van der Waals surface area (Å²) in [6, 6.07) is 15.3. The van der Waals surface area contributed by atoms with Gasteiger partial charge in [0.1, 0.15) is 0 Å². The van der Waals surface area contributed by atoms with Gasteiger partial charge in [0.05, 0.1) is 17.8 Å². The van der Waals surface area contributed by atoms with Crippen LogP contribution in [0.25, 0.3) is 5.52 Å². The van der Waals surface area contributed by atoms with Crippen molar-refractivity contribution in [1.82, 2.24) is 14.9 Å². The van der Waals surface area contributed by atoms with E-state index >= 15 is 0 Å². The van der Waals surface area contributed by atoms with E-state index in [1.165, 1.54) is 16.7 Å². The number of aromatic nitrogens is 2. The monoisotopic (exact) mass is 277 g/mol. The van der Waals surface area contributed by atoms with Crippen LogP contribution in [0.3, 0.4) is 0 Å². The van der Waals surface area contributed by atoms with Gasteiger partial charge in [-0.05, 0) is 55.2 Å².